The topological polar surface area (TPSA) is 63.2 Å². The van der Waals surface area contributed by atoms with Gasteiger partial charge in [0.1, 0.15) is 5.82 Å². The largest absolute Gasteiger partial charge is 0.453 e. The van der Waals surface area contributed by atoms with Crippen LogP contribution >= 0.6 is 0 Å². The highest BCUT2D eigenvalue weighted by Crippen LogP contribution is 2.20. The Kier molecular flexibility index (Phi) is 5.41. The van der Waals surface area contributed by atoms with Gasteiger partial charge in [0.2, 0.25) is 0 Å². The van der Waals surface area contributed by atoms with E-state index in [-0.39, 0.29) is 0 Å². The third-order valence-electron chi connectivity index (χ3n) is 3.34. The van der Waals surface area contributed by atoms with Gasteiger partial charge < -0.3 is 10.1 Å². The average Bonchev–Trinajstić information content (AvgIpc) is 2.50. The zero-order valence-corrected chi connectivity index (χ0v) is 11.8. The van der Waals surface area contributed by atoms with Crippen LogP contribution in [-0.2, 0) is 4.74 Å². The maximum atomic E-state index is 11.0. The lowest BCUT2D eigenvalue weighted by Crippen LogP contribution is -2.12. The van der Waals surface area contributed by atoms with Gasteiger partial charge in [-0.1, -0.05) is 11.6 Å². The van der Waals surface area contributed by atoms with Crippen LogP contribution in [0.2, 0.25) is 0 Å². The van der Waals surface area contributed by atoms with Crippen molar-refractivity contribution in [3.8, 4) is 0 Å². The fourth-order valence-electron chi connectivity index (χ4n) is 2.23. The van der Waals surface area contributed by atoms with Crippen LogP contribution in [0.5, 0.6) is 0 Å². The Labute approximate surface area is 119 Å². The molecule has 0 radical (unpaired) electrons. The average molecular weight is 275 g/mol. The lowest BCUT2D eigenvalue weighted by Gasteiger charge is -2.13. The molecule has 0 saturated carbocycles. The molecule has 0 fully saturated rings. The Morgan fingerprint density at radius 2 is 2.30 bits per heavy atom. The number of carbonyl (C=O) groups is 1. The molecule has 1 amide bonds. The first-order valence-corrected chi connectivity index (χ1v) is 7.01. The Bertz CT molecular complexity index is 469. The summed E-state index contributed by atoms with van der Waals surface area (Å²) in [6.45, 7) is 0.914. The zero-order chi connectivity index (χ0) is 14.2. The molecule has 0 spiro atoms. The van der Waals surface area contributed by atoms with E-state index in [4.69, 9.17) is 0 Å². The van der Waals surface area contributed by atoms with E-state index in [1.165, 1.54) is 32.8 Å². The molecule has 1 heterocycles. The van der Waals surface area contributed by atoms with Crippen LogP contribution in [0.15, 0.2) is 30.0 Å². The van der Waals surface area contributed by atoms with Crippen molar-refractivity contribution in [2.45, 2.75) is 32.1 Å². The molecule has 0 saturated heterocycles. The number of allylic oxidation sites excluding steroid dienone is 1. The molecule has 1 aromatic rings. The van der Waals surface area contributed by atoms with Crippen molar-refractivity contribution in [2.24, 2.45) is 0 Å². The van der Waals surface area contributed by atoms with E-state index in [2.05, 4.69) is 26.4 Å². The smallest absolute Gasteiger partial charge is 0.412 e. The summed E-state index contributed by atoms with van der Waals surface area (Å²) in [7, 11) is 1.32. The molecule has 0 unspecified atom stereocenters. The number of methoxy groups -OCH3 is 1. The van der Waals surface area contributed by atoms with Crippen LogP contribution in [0.4, 0.5) is 16.3 Å². The van der Waals surface area contributed by atoms with Crippen molar-refractivity contribution in [1.29, 1.82) is 0 Å². The molecule has 5 nitrogen and oxygen atoms in total. The fourth-order valence-corrected chi connectivity index (χ4v) is 2.23. The van der Waals surface area contributed by atoms with Crippen molar-refractivity contribution >= 4 is 17.6 Å². The third kappa shape index (κ3) is 4.57. The standard InChI is InChI=1S/C15H21N3O2/c1-20-15(19)18-14-8-7-13(11-17-14)16-10-9-12-5-3-2-4-6-12/h5,7-8,11,16H,2-4,6,9-10H2,1H3,(H,17,18,19). The molecular formula is C15H21N3O2. The number of carbonyl (C=O) groups excluding carboxylic acids is 1. The van der Waals surface area contributed by atoms with Crippen LogP contribution in [0, 0.1) is 0 Å². The van der Waals surface area contributed by atoms with Crippen LogP contribution in [0.3, 0.4) is 0 Å². The van der Waals surface area contributed by atoms with E-state index in [1.54, 1.807) is 17.8 Å². The minimum Gasteiger partial charge on any atom is -0.453 e. The molecule has 1 aliphatic rings. The number of nitrogens with zero attached hydrogens (tertiary/aromatic N) is 1. The first kappa shape index (κ1) is 14.4. The van der Waals surface area contributed by atoms with Crippen molar-refractivity contribution in [3.63, 3.8) is 0 Å². The van der Waals surface area contributed by atoms with E-state index in [0.717, 1.165) is 18.7 Å². The van der Waals surface area contributed by atoms with Gasteiger partial charge in [0.15, 0.2) is 0 Å². The van der Waals surface area contributed by atoms with Gasteiger partial charge in [0.05, 0.1) is 19.0 Å². The predicted molar refractivity (Wildman–Crippen MR) is 79.9 cm³/mol. The second-order valence-electron chi connectivity index (χ2n) is 4.83. The van der Waals surface area contributed by atoms with Crippen molar-refractivity contribution < 1.29 is 9.53 Å². The lowest BCUT2D eigenvalue weighted by atomic mass is 9.97. The predicted octanol–water partition coefficient (Wildman–Crippen LogP) is 3.56. The van der Waals surface area contributed by atoms with E-state index in [9.17, 15) is 4.79 Å². The van der Waals surface area contributed by atoms with Crippen LogP contribution in [0.25, 0.3) is 0 Å². The van der Waals surface area contributed by atoms with Gasteiger partial charge in [-0.2, -0.15) is 0 Å². The quantitative estimate of drug-likeness (QED) is 0.806. The number of anilines is 2. The summed E-state index contributed by atoms with van der Waals surface area (Å²) in [5.41, 5.74) is 2.51. The summed E-state index contributed by atoms with van der Waals surface area (Å²) < 4.78 is 4.50. The Hall–Kier alpha value is -2.04. The van der Waals surface area contributed by atoms with Gasteiger partial charge in [-0.05, 0) is 44.2 Å². The molecule has 1 aliphatic carbocycles. The summed E-state index contributed by atoms with van der Waals surface area (Å²) in [4.78, 5) is 15.2. The molecule has 2 rings (SSSR count). The molecule has 1 aromatic heterocycles. The minimum atomic E-state index is -0.512. The van der Waals surface area contributed by atoms with E-state index in [0.29, 0.717) is 5.82 Å². The van der Waals surface area contributed by atoms with Crippen molar-refractivity contribution in [3.05, 3.63) is 30.0 Å². The molecule has 20 heavy (non-hydrogen) atoms. The number of ether oxygens (including phenoxy) is 1. The Balaban J connectivity index is 1.75. The van der Waals surface area contributed by atoms with E-state index in [1.807, 2.05) is 6.07 Å². The SMILES string of the molecule is COC(=O)Nc1ccc(NCCC2=CCCCC2)cn1. The lowest BCUT2D eigenvalue weighted by molar-refractivity contribution is 0.187. The van der Waals surface area contributed by atoms with Gasteiger partial charge in [0.25, 0.3) is 0 Å². The molecule has 2 N–H and O–H groups in total. The number of pyridine rings is 1. The Morgan fingerprint density at radius 3 is 2.95 bits per heavy atom. The van der Waals surface area contributed by atoms with Crippen LogP contribution in [-0.4, -0.2) is 24.7 Å². The fraction of sp³-hybridized carbons (Fsp3) is 0.467. The molecule has 0 bridgehead atoms. The monoisotopic (exact) mass is 275 g/mol. The summed E-state index contributed by atoms with van der Waals surface area (Å²) in [6, 6.07) is 3.65. The van der Waals surface area contributed by atoms with Gasteiger partial charge in [0, 0.05) is 6.54 Å². The highest BCUT2D eigenvalue weighted by atomic mass is 16.5. The van der Waals surface area contributed by atoms with Crippen LogP contribution < -0.4 is 10.6 Å². The highest BCUT2D eigenvalue weighted by Gasteiger charge is 2.04. The van der Waals surface area contributed by atoms with E-state index < -0.39 is 6.09 Å². The number of hydrogen-bond donors (Lipinski definition) is 2. The summed E-state index contributed by atoms with van der Waals surface area (Å²) in [5.74, 6) is 0.484. The molecule has 0 aromatic carbocycles. The van der Waals surface area contributed by atoms with Gasteiger partial charge >= 0.3 is 6.09 Å². The van der Waals surface area contributed by atoms with E-state index >= 15 is 0 Å². The summed E-state index contributed by atoms with van der Waals surface area (Å²) in [6.07, 6.45) is 9.77. The summed E-state index contributed by atoms with van der Waals surface area (Å²) >= 11 is 0. The molecule has 5 heteroatoms. The molecule has 108 valence electrons. The zero-order valence-electron chi connectivity index (χ0n) is 11.8. The first-order valence-electron chi connectivity index (χ1n) is 7.01. The number of hydrogen-bond acceptors (Lipinski definition) is 4. The van der Waals surface area contributed by atoms with Gasteiger partial charge in [-0.25, -0.2) is 9.78 Å². The second kappa shape index (κ2) is 7.53. The normalized spacial score (nSPS) is 14.3. The number of nitrogens with one attached hydrogen (secondary N) is 2. The van der Waals surface area contributed by atoms with Crippen molar-refractivity contribution in [1.82, 2.24) is 4.98 Å². The second-order valence-corrected chi connectivity index (χ2v) is 4.83. The van der Waals surface area contributed by atoms with Gasteiger partial charge in [-0.15, -0.1) is 0 Å². The number of rotatable bonds is 5. The molecule has 0 aliphatic heterocycles. The molecule has 0 atom stereocenters. The third-order valence-corrected chi connectivity index (χ3v) is 3.34. The summed E-state index contributed by atoms with van der Waals surface area (Å²) in [5, 5.41) is 5.86. The Morgan fingerprint density at radius 1 is 1.40 bits per heavy atom. The maximum Gasteiger partial charge on any atom is 0.412 e. The van der Waals surface area contributed by atoms with Gasteiger partial charge in [-0.3, -0.25) is 5.32 Å². The first-order chi connectivity index (χ1) is 9.78. The molecular weight excluding hydrogens is 254 g/mol. The maximum absolute atomic E-state index is 11.0. The minimum absolute atomic E-state index is 0.484. The highest BCUT2D eigenvalue weighted by molar-refractivity contribution is 5.83. The van der Waals surface area contributed by atoms with Crippen LogP contribution in [0.1, 0.15) is 32.1 Å². The van der Waals surface area contributed by atoms with Crippen molar-refractivity contribution in [2.75, 3.05) is 24.3 Å². The number of aromatic nitrogens is 1. The number of amides is 1.